The van der Waals surface area contributed by atoms with Crippen LogP contribution in [0.3, 0.4) is 0 Å². The molecule has 0 radical (unpaired) electrons. The standard InChI is InChI=1S/C22H21F3N2O6S/c1-13-17-8-7-15(32-21(29)27(2)3)11-19(17)33-20(28)18(13)10-14-5-4-6-16(9-14)34(30,31)26-12-22(23,24)25/h4-9,11,26H,10,12H2,1-3H3. The molecule has 3 aromatic rings. The fourth-order valence-corrected chi connectivity index (χ4v) is 4.21. The molecule has 34 heavy (non-hydrogen) atoms. The molecule has 12 heteroatoms. The van der Waals surface area contributed by atoms with E-state index in [1.54, 1.807) is 25.1 Å². The van der Waals surface area contributed by atoms with Crippen LogP contribution in [0.1, 0.15) is 16.7 Å². The highest BCUT2D eigenvalue weighted by atomic mass is 32.2. The summed E-state index contributed by atoms with van der Waals surface area (Å²) in [6, 6.07) is 9.86. The van der Waals surface area contributed by atoms with Crippen molar-refractivity contribution in [3.63, 3.8) is 0 Å². The van der Waals surface area contributed by atoms with Crippen LogP contribution in [0.25, 0.3) is 11.0 Å². The largest absolute Gasteiger partial charge is 0.422 e. The third-order valence-corrected chi connectivity index (χ3v) is 6.28. The van der Waals surface area contributed by atoms with E-state index in [0.29, 0.717) is 16.5 Å². The molecule has 0 saturated carbocycles. The minimum Gasteiger partial charge on any atom is -0.422 e. The molecule has 8 nitrogen and oxygen atoms in total. The van der Waals surface area contributed by atoms with E-state index in [2.05, 4.69) is 0 Å². The van der Waals surface area contributed by atoms with Gasteiger partial charge in [0.05, 0.1) is 4.90 Å². The van der Waals surface area contributed by atoms with E-state index in [9.17, 15) is 31.2 Å². The smallest absolute Gasteiger partial charge is 0.414 e. The molecule has 0 aliphatic heterocycles. The van der Waals surface area contributed by atoms with Gasteiger partial charge in [-0.2, -0.15) is 13.2 Å². The number of carbonyl (C=O) groups excluding carboxylic acids is 1. The van der Waals surface area contributed by atoms with E-state index in [-0.39, 0.29) is 28.2 Å². The summed E-state index contributed by atoms with van der Waals surface area (Å²) >= 11 is 0. The van der Waals surface area contributed by atoms with Crippen molar-refractivity contribution in [1.29, 1.82) is 0 Å². The molecular weight excluding hydrogens is 477 g/mol. The van der Waals surface area contributed by atoms with Gasteiger partial charge < -0.3 is 14.1 Å². The van der Waals surface area contributed by atoms with Crippen LogP contribution < -0.4 is 15.1 Å². The number of rotatable bonds is 6. The Morgan fingerprint density at radius 1 is 1.15 bits per heavy atom. The molecule has 1 heterocycles. The van der Waals surface area contributed by atoms with Crippen molar-refractivity contribution in [1.82, 2.24) is 9.62 Å². The highest BCUT2D eigenvalue weighted by molar-refractivity contribution is 7.89. The SMILES string of the molecule is Cc1c(Cc2cccc(S(=O)(=O)NCC(F)(F)F)c2)c(=O)oc2cc(OC(=O)N(C)C)ccc12. The first-order valence-electron chi connectivity index (χ1n) is 9.87. The van der Waals surface area contributed by atoms with Crippen LogP contribution in [0, 0.1) is 6.92 Å². The second-order valence-electron chi connectivity index (χ2n) is 7.68. The minimum absolute atomic E-state index is 0.00982. The number of hydrogen-bond acceptors (Lipinski definition) is 6. The number of carbonyl (C=O) groups is 1. The number of benzene rings is 2. The van der Waals surface area contributed by atoms with Crippen LogP contribution in [-0.2, 0) is 16.4 Å². The summed E-state index contributed by atoms with van der Waals surface area (Å²) in [5, 5.41) is 0.579. The Balaban J connectivity index is 1.91. The van der Waals surface area contributed by atoms with E-state index in [1.165, 1.54) is 41.9 Å². The monoisotopic (exact) mass is 498 g/mol. The lowest BCUT2D eigenvalue weighted by Gasteiger charge is -2.13. The Labute approximate surface area is 193 Å². The molecule has 0 unspecified atom stereocenters. The Hall–Kier alpha value is -3.38. The van der Waals surface area contributed by atoms with Crippen molar-refractivity contribution in [2.24, 2.45) is 0 Å². The molecule has 0 aliphatic rings. The lowest BCUT2D eigenvalue weighted by molar-refractivity contribution is -0.121. The number of hydrogen-bond donors (Lipinski definition) is 1. The Kier molecular flexibility index (Phi) is 7.03. The first-order valence-corrected chi connectivity index (χ1v) is 11.4. The molecular formula is C22H21F3N2O6S. The van der Waals surface area contributed by atoms with Gasteiger partial charge in [-0.25, -0.2) is 22.7 Å². The zero-order valence-corrected chi connectivity index (χ0v) is 19.2. The minimum atomic E-state index is -4.70. The average molecular weight is 498 g/mol. The van der Waals surface area contributed by atoms with Gasteiger partial charge in [-0.05, 0) is 42.3 Å². The molecule has 0 atom stereocenters. The number of nitrogens with zero attached hydrogens (tertiary/aromatic N) is 1. The van der Waals surface area contributed by atoms with E-state index in [1.807, 2.05) is 0 Å². The summed E-state index contributed by atoms with van der Waals surface area (Å²) in [6.07, 6.45) is -5.31. The van der Waals surface area contributed by atoms with Gasteiger partial charge in [-0.1, -0.05) is 12.1 Å². The number of amides is 1. The number of ether oxygens (including phenoxy) is 1. The number of aryl methyl sites for hydroxylation is 1. The van der Waals surface area contributed by atoms with E-state index >= 15 is 0 Å². The normalized spacial score (nSPS) is 12.1. The molecule has 1 aromatic heterocycles. The van der Waals surface area contributed by atoms with Crippen molar-refractivity contribution < 1.29 is 35.5 Å². The third kappa shape index (κ3) is 5.94. The first kappa shape index (κ1) is 25.2. The maximum atomic E-state index is 12.7. The maximum Gasteiger partial charge on any atom is 0.414 e. The van der Waals surface area contributed by atoms with E-state index < -0.39 is 34.5 Å². The van der Waals surface area contributed by atoms with E-state index in [4.69, 9.17) is 9.15 Å². The Morgan fingerprint density at radius 3 is 2.50 bits per heavy atom. The van der Waals surface area contributed by atoms with Gasteiger partial charge in [0.15, 0.2) is 0 Å². The molecule has 0 saturated heterocycles. The number of alkyl halides is 3. The predicted octanol–water partition coefficient (Wildman–Crippen LogP) is 3.59. The van der Waals surface area contributed by atoms with Crippen LogP contribution in [0.15, 0.2) is 56.6 Å². The molecule has 1 N–H and O–H groups in total. The number of halogens is 3. The van der Waals surface area contributed by atoms with E-state index in [0.717, 1.165) is 6.07 Å². The predicted molar refractivity (Wildman–Crippen MR) is 117 cm³/mol. The van der Waals surface area contributed by atoms with Gasteiger partial charge in [0.1, 0.15) is 17.9 Å². The van der Waals surface area contributed by atoms with Gasteiger partial charge in [0.2, 0.25) is 10.0 Å². The van der Waals surface area contributed by atoms with Crippen molar-refractivity contribution in [2.45, 2.75) is 24.4 Å². The third-order valence-electron chi connectivity index (χ3n) is 4.88. The second-order valence-corrected chi connectivity index (χ2v) is 9.44. The number of nitrogens with one attached hydrogen (secondary N) is 1. The quantitative estimate of drug-likeness (QED) is 0.521. The molecule has 2 aromatic carbocycles. The topological polar surface area (TPSA) is 106 Å². The van der Waals surface area contributed by atoms with Crippen LogP contribution in [0.4, 0.5) is 18.0 Å². The molecule has 182 valence electrons. The van der Waals surface area contributed by atoms with Crippen LogP contribution in [-0.4, -0.2) is 46.2 Å². The van der Waals surface area contributed by atoms with Crippen molar-refractivity contribution in [3.05, 3.63) is 69.6 Å². The van der Waals surface area contributed by atoms with Crippen molar-refractivity contribution in [3.8, 4) is 5.75 Å². The average Bonchev–Trinajstić information content (AvgIpc) is 2.75. The van der Waals surface area contributed by atoms with Crippen molar-refractivity contribution in [2.75, 3.05) is 20.6 Å². The lowest BCUT2D eigenvalue weighted by atomic mass is 9.99. The fraction of sp³-hybridized carbons (Fsp3) is 0.273. The van der Waals surface area contributed by atoms with Gasteiger partial charge in [-0.3, -0.25) is 0 Å². The highest BCUT2D eigenvalue weighted by Crippen LogP contribution is 2.26. The molecule has 0 fully saturated rings. The van der Waals surface area contributed by atoms with Gasteiger partial charge in [0, 0.05) is 37.5 Å². The lowest BCUT2D eigenvalue weighted by Crippen LogP contribution is -2.33. The summed E-state index contributed by atoms with van der Waals surface area (Å²) in [5.41, 5.74) is 0.734. The first-order chi connectivity index (χ1) is 15.8. The van der Waals surface area contributed by atoms with Gasteiger partial charge in [-0.15, -0.1) is 0 Å². The number of fused-ring (bicyclic) bond motifs is 1. The molecule has 0 bridgehead atoms. The van der Waals surface area contributed by atoms with Gasteiger partial charge >= 0.3 is 17.9 Å². The van der Waals surface area contributed by atoms with Crippen LogP contribution in [0.2, 0.25) is 0 Å². The summed E-state index contributed by atoms with van der Waals surface area (Å²) in [7, 11) is -1.36. The van der Waals surface area contributed by atoms with Gasteiger partial charge in [0.25, 0.3) is 0 Å². The molecule has 3 rings (SSSR count). The fourth-order valence-electron chi connectivity index (χ4n) is 3.12. The second kappa shape index (κ2) is 9.47. The van der Waals surface area contributed by atoms with Crippen molar-refractivity contribution >= 4 is 27.1 Å². The molecule has 1 amide bonds. The summed E-state index contributed by atoms with van der Waals surface area (Å²) < 4.78 is 73.7. The maximum absolute atomic E-state index is 12.7. The Morgan fingerprint density at radius 2 is 1.85 bits per heavy atom. The Bertz CT molecular complexity index is 1400. The number of sulfonamides is 1. The summed E-state index contributed by atoms with van der Waals surface area (Å²) in [6.45, 7) is -0.00958. The summed E-state index contributed by atoms with van der Waals surface area (Å²) in [4.78, 5) is 25.3. The summed E-state index contributed by atoms with van der Waals surface area (Å²) in [5.74, 6) is 0.186. The molecule has 0 aliphatic carbocycles. The zero-order chi connectivity index (χ0) is 25.3. The molecule has 0 spiro atoms. The van der Waals surface area contributed by atoms with Crippen LogP contribution >= 0.6 is 0 Å². The zero-order valence-electron chi connectivity index (χ0n) is 18.4. The highest BCUT2D eigenvalue weighted by Gasteiger charge is 2.30. The van der Waals surface area contributed by atoms with Crippen LogP contribution in [0.5, 0.6) is 5.75 Å².